The summed E-state index contributed by atoms with van der Waals surface area (Å²) in [6.45, 7) is 3.68. The molecule has 0 radical (unpaired) electrons. The van der Waals surface area contributed by atoms with E-state index in [1.165, 1.54) is 21.9 Å². The van der Waals surface area contributed by atoms with Gasteiger partial charge in [-0.25, -0.2) is 4.98 Å². The molecule has 1 aliphatic heterocycles. The molecule has 8 nitrogen and oxygen atoms in total. The van der Waals surface area contributed by atoms with E-state index in [-0.39, 0.29) is 17.4 Å². The van der Waals surface area contributed by atoms with E-state index in [0.717, 1.165) is 35.8 Å². The normalized spacial score (nSPS) is 16.8. The van der Waals surface area contributed by atoms with Crippen LogP contribution in [0.25, 0.3) is 4.96 Å². The van der Waals surface area contributed by atoms with Crippen molar-refractivity contribution >= 4 is 27.3 Å². The molecule has 1 amide bonds. The van der Waals surface area contributed by atoms with Crippen LogP contribution in [0.4, 0.5) is 5.13 Å². The molecule has 1 aliphatic rings. The number of amides is 1. The molecule has 3 aromatic rings. The van der Waals surface area contributed by atoms with Gasteiger partial charge in [-0.3, -0.25) is 9.59 Å². The van der Waals surface area contributed by atoms with Gasteiger partial charge >= 0.3 is 0 Å². The van der Waals surface area contributed by atoms with Crippen molar-refractivity contribution in [1.82, 2.24) is 19.9 Å². The zero-order valence-corrected chi connectivity index (χ0v) is 17.2. The van der Waals surface area contributed by atoms with Gasteiger partial charge in [0.15, 0.2) is 0 Å². The Hall–Kier alpha value is -2.94. The number of carbonyl (C=O) groups is 1. The first-order valence-electron chi connectivity index (χ1n) is 9.56. The molecule has 1 fully saturated rings. The Labute approximate surface area is 172 Å². The van der Waals surface area contributed by atoms with Gasteiger partial charge in [-0.1, -0.05) is 23.5 Å². The molecule has 9 heteroatoms. The van der Waals surface area contributed by atoms with Crippen LogP contribution in [0.5, 0.6) is 5.75 Å². The van der Waals surface area contributed by atoms with E-state index in [9.17, 15) is 9.59 Å². The van der Waals surface area contributed by atoms with Gasteiger partial charge < -0.3 is 15.0 Å². The topological polar surface area (TPSA) is 88.8 Å². The van der Waals surface area contributed by atoms with Gasteiger partial charge in [-0.15, -0.1) is 5.10 Å². The number of anilines is 1. The number of rotatable bonds is 5. The number of nitrogens with one attached hydrogen (secondary N) is 1. The van der Waals surface area contributed by atoms with Crippen LogP contribution in [0.2, 0.25) is 0 Å². The van der Waals surface area contributed by atoms with Crippen LogP contribution in [-0.2, 0) is 11.3 Å². The van der Waals surface area contributed by atoms with Crippen molar-refractivity contribution in [3.05, 3.63) is 51.9 Å². The lowest BCUT2D eigenvalue weighted by atomic mass is 9.97. The molecule has 2 aromatic heterocycles. The highest BCUT2D eigenvalue weighted by molar-refractivity contribution is 7.20. The Morgan fingerprint density at radius 3 is 2.90 bits per heavy atom. The Kier molecular flexibility index (Phi) is 5.48. The van der Waals surface area contributed by atoms with Gasteiger partial charge in [0.05, 0.1) is 13.0 Å². The summed E-state index contributed by atoms with van der Waals surface area (Å²) in [5.74, 6) is 0.723. The number of piperidine rings is 1. The van der Waals surface area contributed by atoms with Gasteiger partial charge in [0.2, 0.25) is 16.0 Å². The van der Waals surface area contributed by atoms with E-state index in [1.54, 1.807) is 14.0 Å². The fourth-order valence-electron chi connectivity index (χ4n) is 3.48. The molecule has 0 spiro atoms. The third kappa shape index (κ3) is 4.24. The highest BCUT2D eigenvalue weighted by atomic mass is 32.1. The monoisotopic (exact) mass is 413 g/mol. The number of hydrogen-bond donors (Lipinski definition) is 1. The van der Waals surface area contributed by atoms with Crippen LogP contribution in [0, 0.1) is 12.8 Å². The minimum absolute atomic E-state index is 0.0396. The van der Waals surface area contributed by atoms with Crippen molar-refractivity contribution in [1.29, 1.82) is 0 Å². The average Bonchev–Trinajstić information content (AvgIpc) is 3.17. The van der Waals surface area contributed by atoms with Gasteiger partial charge in [-0.05, 0) is 37.5 Å². The molecule has 3 heterocycles. The van der Waals surface area contributed by atoms with Crippen molar-refractivity contribution < 1.29 is 9.53 Å². The first-order valence-corrected chi connectivity index (χ1v) is 10.4. The van der Waals surface area contributed by atoms with Gasteiger partial charge in [0.25, 0.3) is 5.56 Å². The zero-order valence-electron chi connectivity index (χ0n) is 16.4. The minimum Gasteiger partial charge on any atom is -0.497 e. The van der Waals surface area contributed by atoms with E-state index in [2.05, 4.69) is 20.3 Å². The molecule has 0 bridgehead atoms. The van der Waals surface area contributed by atoms with Gasteiger partial charge in [0, 0.05) is 31.4 Å². The summed E-state index contributed by atoms with van der Waals surface area (Å²) in [6, 6.07) is 9.13. The lowest BCUT2D eigenvalue weighted by Crippen LogP contribution is -2.43. The first-order chi connectivity index (χ1) is 14.0. The second-order valence-corrected chi connectivity index (χ2v) is 8.10. The Bertz CT molecular complexity index is 1080. The summed E-state index contributed by atoms with van der Waals surface area (Å²) < 4.78 is 6.49. The SMILES string of the molecule is COc1ccc(CNC(=O)[C@H]2CCCN(c3nn4c(=O)cc(C)nc4s3)C2)cc1. The summed E-state index contributed by atoms with van der Waals surface area (Å²) in [5.41, 5.74) is 1.53. The number of aryl methyl sites for hydroxylation is 1. The van der Waals surface area contributed by atoms with E-state index in [0.29, 0.717) is 23.7 Å². The molecule has 1 aromatic carbocycles. The first kappa shape index (κ1) is 19.4. The number of benzene rings is 1. The lowest BCUT2D eigenvalue weighted by molar-refractivity contribution is -0.125. The van der Waals surface area contributed by atoms with Crippen molar-refractivity contribution in [2.24, 2.45) is 5.92 Å². The third-order valence-electron chi connectivity index (χ3n) is 5.05. The maximum Gasteiger partial charge on any atom is 0.275 e. The van der Waals surface area contributed by atoms with Gasteiger partial charge in [-0.2, -0.15) is 4.52 Å². The lowest BCUT2D eigenvalue weighted by Gasteiger charge is -2.31. The third-order valence-corrected chi connectivity index (χ3v) is 6.02. The number of ether oxygens (including phenoxy) is 1. The predicted octanol–water partition coefficient (Wildman–Crippen LogP) is 2.00. The molecule has 0 saturated carbocycles. The molecule has 0 unspecified atom stereocenters. The summed E-state index contributed by atoms with van der Waals surface area (Å²) in [4.78, 5) is 31.8. The van der Waals surface area contributed by atoms with Crippen LogP contribution < -0.4 is 20.5 Å². The summed E-state index contributed by atoms with van der Waals surface area (Å²) in [7, 11) is 1.63. The van der Waals surface area contributed by atoms with Gasteiger partial charge in [0.1, 0.15) is 5.75 Å². The smallest absolute Gasteiger partial charge is 0.275 e. The van der Waals surface area contributed by atoms with E-state index >= 15 is 0 Å². The number of hydrogen-bond acceptors (Lipinski definition) is 7. The Morgan fingerprint density at radius 1 is 1.34 bits per heavy atom. The highest BCUT2D eigenvalue weighted by Gasteiger charge is 2.27. The number of methoxy groups -OCH3 is 1. The Balaban J connectivity index is 1.41. The highest BCUT2D eigenvalue weighted by Crippen LogP contribution is 2.27. The predicted molar refractivity (Wildman–Crippen MR) is 112 cm³/mol. The number of nitrogens with zero attached hydrogens (tertiary/aromatic N) is 4. The largest absolute Gasteiger partial charge is 0.497 e. The van der Waals surface area contributed by atoms with E-state index < -0.39 is 0 Å². The maximum absolute atomic E-state index is 12.7. The molecular formula is C20H23N5O3S. The van der Waals surface area contributed by atoms with E-state index in [1.807, 2.05) is 24.3 Å². The van der Waals surface area contributed by atoms with Crippen LogP contribution in [0.15, 0.2) is 35.1 Å². The molecule has 0 aliphatic carbocycles. The van der Waals surface area contributed by atoms with Crippen LogP contribution in [-0.4, -0.2) is 40.7 Å². The number of fused-ring (bicyclic) bond motifs is 1. The zero-order chi connectivity index (χ0) is 20.4. The standard InChI is InChI=1S/C20H23N5O3S/c1-13-10-17(26)25-19(22-13)29-20(23-25)24-9-3-4-15(12-24)18(27)21-11-14-5-7-16(28-2)8-6-14/h5-8,10,15H,3-4,9,11-12H2,1-2H3,(H,21,27)/t15-/m0/s1. The van der Waals surface area contributed by atoms with Crippen molar-refractivity contribution in [2.75, 3.05) is 25.1 Å². The van der Waals surface area contributed by atoms with E-state index in [4.69, 9.17) is 4.74 Å². The molecule has 1 saturated heterocycles. The summed E-state index contributed by atoms with van der Waals surface area (Å²) in [5, 5.41) is 8.18. The second kappa shape index (κ2) is 8.20. The quantitative estimate of drug-likeness (QED) is 0.688. The molecule has 1 atom stereocenters. The fourth-order valence-corrected chi connectivity index (χ4v) is 4.47. The second-order valence-electron chi connectivity index (χ2n) is 7.17. The van der Waals surface area contributed by atoms with Crippen LogP contribution in [0.1, 0.15) is 24.1 Å². The minimum atomic E-state index is -0.180. The molecule has 29 heavy (non-hydrogen) atoms. The van der Waals surface area contributed by atoms with Crippen LogP contribution >= 0.6 is 11.3 Å². The van der Waals surface area contributed by atoms with Crippen molar-refractivity contribution in [3.63, 3.8) is 0 Å². The Morgan fingerprint density at radius 2 is 2.14 bits per heavy atom. The summed E-state index contributed by atoms with van der Waals surface area (Å²) in [6.07, 6.45) is 1.74. The molecule has 152 valence electrons. The van der Waals surface area contributed by atoms with Crippen LogP contribution in [0.3, 0.4) is 0 Å². The number of aromatic nitrogens is 3. The molecule has 4 rings (SSSR count). The maximum atomic E-state index is 12.7. The molecular weight excluding hydrogens is 390 g/mol. The fraction of sp³-hybridized carbons (Fsp3) is 0.400. The van der Waals surface area contributed by atoms with Crippen molar-refractivity contribution in [2.45, 2.75) is 26.3 Å². The van der Waals surface area contributed by atoms with Crippen molar-refractivity contribution in [3.8, 4) is 5.75 Å². The summed E-state index contributed by atoms with van der Waals surface area (Å²) >= 11 is 1.38. The average molecular weight is 414 g/mol. The number of carbonyl (C=O) groups excluding carboxylic acids is 1. The molecule has 1 N–H and O–H groups in total.